The van der Waals surface area contributed by atoms with Gasteiger partial charge in [-0.3, -0.25) is 9.80 Å². The van der Waals surface area contributed by atoms with Crippen LogP contribution in [0.25, 0.3) is 0 Å². The predicted octanol–water partition coefficient (Wildman–Crippen LogP) is 3.69. The lowest BCUT2D eigenvalue weighted by molar-refractivity contribution is 0.0847. The van der Waals surface area contributed by atoms with Gasteiger partial charge in [-0.05, 0) is 57.0 Å². The van der Waals surface area contributed by atoms with Crippen molar-refractivity contribution >= 4 is 5.69 Å². The van der Waals surface area contributed by atoms with Crippen LogP contribution < -0.4 is 9.64 Å². The van der Waals surface area contributed by atoms with Gasteiger partial charge in [0.05, 0.1) is 19.3 Å². The van der Waals surface area contributed by atoms with Crippen LogP contribution in [0.15, 0.2) is 34.7 Å². The second-order valence-electron chi connectivity index (χ2n) is 8.18. The standard InChI is InChI=1S/C23H33N3O2/c1-18-15-21(28-19(18)2)17-24-10-6-7-20(16-24)25-11-13-26(14-12-25)22-8-4-5-9-23(22)27-3/h4-5,8-9,15,20H,6-7,10-14,16-17H2,1-3H3/t20-/m1/s1. The summed E-state index contributed by atoms with van der Waals surface area (Å²) in [4.78, 5) is 7.72. The van der Waals surface area contributed by atoms with E-state index in [9.17, 15) is 0 Å². The lowest BCUT2D eigenvalue weighted by Gasteiger charge is -2.44. The molecular weight excluding hydrogens is 350 g/mol. The number of likely N-dealkylation sites (tertiary alicyclic amines) is 1. The van der Waals surface area contributed by atoms with Crippen LogP contribution in [-0.2, 0) is 6.54 Å². The summed E-state index contributed by atoms with van der Waals surface area (Å²) in [5, 5.41) is 0. The smallest absolute Gasteiger partial charge is 0.142 e. The predicted molar refractivity (Wildman–Crippen MR) is 113 cm³/mol. The van der Waals surface area contributed by atoms with Gasteiger partial charge in [-0.2, -0.15) is 0 Å². The Bertz CT molecular complexity index is 760. The Morgan fingerprint density at radius 2 is 1.86 bits per heavy atom. The normalized spacial score (nSPS) is 21.8. The maximum Gasteiger partial charge on any atom is 0.142 e. The van der Waals surface area contributed by atoms with Gasteiger partial charge in [-0.25, -0.2) is 0 Å². The molecule has 2 aromatic rings. The number of methoxy groups -OCH3 is 1. The van der Waals surface area contributed by atoms with Crippen LogP contribution in [0.2, 0.25) is 0 Å². The van der Waals surface area contributed by atoms with Crippen molar-refractivity contribution in [2.75, 3.05) is 51.3 Å². The van der Waals surface area contributed by atoms with E-state index < -0.39 is 0 Å². The number of piperidine rings is 1. The van der Waals surface area contributed by atoms with Crippen LogP contribution in [0.5, 0.6) is 5.75 Å². The molecule has 5 heteroatoms. The van der Waals surface area contributed by atoms with E-state index in [-0.39, 0.29) is 0 Å². The molecule has 2 aliphatic heterocycles. The first-order valence-electron chi connectivity index (χ1n) is 10.5. The Kier molecular flexibility index (Phi) is 5.93. The molecule has 3 heterocycles. The Labute approximate surface area is 168 Å². The lowest BCUT2D eigenvalue weighted by atomic mass is 10.0. The van der Waals surface area contributed by atoms with Crippen molar-refractivity contribution < 1.29 is 9.15 Å². The van der Waals surface area contributed by atoms with Gasteiger partial charge in [0.25, 0.3) is 0 Å². The minimum atomic E-state index is 0.658. The number of hydrogen-bond donors (Lipinski definition) is 0. The molecule has 0 bridgehead atoms. The number of furan rings is 1. The number of ether oxygens (including phenoxy) is 1. The summed E-state index contributed by atoms with van der Waals surface area (Å²) in [5.41, 5.74) is 2.48. The van der Waals surface area contributed by atoms with E-state index in [1.54, 1.807) is 7.11 Å². The quantitative estimate of drug-likeness (QED) is 0.786. The zero-order valence-electron chi connectivity index (χ0n) is 17.5. The second kappa shape index (κ2) is 8.58. The molecule has 0 radical (unpaired) electrons. The third-order valence-corrected chi connectivity index (χ3v) is 6.33. The number of para-hydroxylation sites is 2. The molecule has 1 aromatic carbocycles. The van der Waals surface area contributed by atoms with E-state index in [4.69, 9.17) is 9.15 Å². The van der Waals surface area contributed by atoms with Crippen molar-refractivity contribution in [3.63, 3.8) is 0 Å². The van der Waals surface area contributed by atoms with E-state index in [2.05, 4.69) is 52.8 Å². The first kappa shape index (κ1) is 19.3. The van der Waals surface area contributed by atoms with Crippen LogP contribution in [0.4, 0.5) is 5.69 Å². The average molecular weight is 384 g/mol. The molecule has 0 N–H and O–H groups in total. The third kappa shape index (κ3) is 4.20. The fraction of sp³-hybridized carbons (Fsp3) is 0.565. The Morgan fingerprint density at radius 1 is 1.07 bits per heavy atom. The fourth-order valence-corrected chi connectivity index (χ4v) is 4.64. The number of aryl methyl sites for hydroxylation is 2. The van der Waals surface area contributed by atoms with Crippen LogP contribution in [-0.4, -0.2) is 62.2 Å². The number of anilines is 1. The Morgan fingerprint density at radius 3 is 2.57 bits per heavy atom. The largest absolute Gasteiger partial charge is 0.495 e. The zero-order chi connectivity index (χ0) is 19.5. The molecule has 0 aliphatic carbocycles. The summed E-state index contributed by atoms with van der Waals surface area (Å²) in [7, 11) is 1.76. The van der Waals surface area contributed by atoms with Crippen molar-refractivity contribution in [2.24, 2.45) is 0 Å². The molecule has 0 saturated carbocycles. The minimum Gasteiger partial charge on any atom is -0.495 e. The summed E-state index contributed by atoms with van der Waals surface area (Å²) in [6.45, 7) is 11.8. The molecule has 4 rings (SSSR count). The molecule has 28 heavy (non-hydrogen) atoms. The van der Waals surface area contributed by atoms with Crippen molar-refractivity contribution in [2.45, 2.75) is 39.3 Å². The number of rotatable bonds is 5. The number of benzene rings is 1. The van der Waals surface area contributed by atoms with E-state index in [1.165, 1.54) is 30.6 Å². The highest BCUT2D eigenvalue weighted by Crippen LogP contribution is 2.29. The van der Waals surface area contributed by atoms with Gasteiger partial charge < -0.3 is 14.1 Å². The van der Waals surface area contributed by atoms with Gasteiger partial charge in [-0.1, -0.05) is 12.1 Å². The molecule has 152 valence electrons. The van der Waals surface area contributed by atoms with Crippen LogP contribution in [0.3, 0.4) is 0 Å². The summed E-state index contributed by atoms with van der Waals surface area (Å²) in [5.74, 6) is 3.14. The van der Waals surface area contributed by atoms with Gasteiger partial charge in [0, 0.05) is 38.8 Å². The molecule has 0 amide bonds. The summed E-state index contributed by atoms with van der Waals surface area (Å²) < 4.78 is 11.5. The molecule has 0 unspecified atom stereocenters. The monoisotopic (exact) mass is 383 g/mol. The highest BCUT2D eigenvalue weighted by atomic mass is 16.5. The molecule has 2 aliphatic rings. The summed E-state index contributed by atoms with van der Waals surface area (Å²) >= 11 is 0. The SMILES string of the molecule is COc1ccccc1N1CCN([C@@H]2CCCN(Cc3cc(C)c(C)o3)C2)CC1. The van der Waals surface area contributed by atoms with Crippen molar-refractivity contribution in [1.29, 1.82) is 0 Å². The topological polar surface area (TPSA) is 32.1 Å². The number of piperazine rings is 1. The Balaban J connectivity index is 1.33. The Hall–Kier alpha value is -1.98. The van der Waals surface area contributed by atoms with Crippen molar-refractivity contribution in [1.82, 2.24) is 9.80 Å². The van der Waals surface area contributed by atoms with E-state index >= 15 is 0 Å². The second-order valence-corrected chi connectivity index (χ2v) is 8.18. The van der Waals surface area contributed by atoms with Gasteiger partial charge >= 0.3 is 0 Å². The van der Waals surface area contributed by atoms with Gasteiger partial charge in [-0.15, -0.1) is 0 Å². The van der Waals surface area contributed by atoms with Gasteiger partial charge in [0.1, 0.15) is 17.3 Å². The first-order chi connectivity index (χ1) is 13.6. The van der Waals surface area contributed by atoms with Crippen molar-refractivity contribution in [3.8, 4) is 5.75 Å². The summed E-state index contributed by atoms with van der Waals surface area (Å²) in [6, 6.07) is 11.2. The minimum absolute atomic E-state index is 0.658. The lowest BCUT2D eigenvalue weighted by Crippen LogP contribution is -2.55. The molecule has 1 aromatic heterocycles. The van der Waals surface area contributed by atoms with Crippen LogP contribution in [0.1, 0.15) is 29.9 Å². The highest BCUT2D eigenvalue weighted by molar-refractivity contribution is 5.58. The first-order valence-corrected chi connectivity index (χ1v) is 10.5. The molecule has 5 nitrogen and oxygen atoms in total. The van der Waals surface area contributed by atoms with Crippen LogP contribution >= 0.6 is 0 Å². The maximum absolute atomic E-state index is 5.91. The molecule has 0 spiro atoms. The molecular formula is C23H33N3O2. The highest BCUT2D eigenvalue weighted by Gasteiger charge is 2.29. The van der Waals surface area contributed by atoms with E-state index in [0.29, 0.717) is 6.04 Å². The number of hydrogen-bond acceptors (Lipinski definition) is 5. The maximum atomic E-state index is 5.91. The average Bonchev–Trinajstić information content (AvgIpc) is 3.05. The molecule has 2 fully saturated rings. The van der Waals surface area contributed by atoms with Gasteiger partial charge in [0.2, 0.25) is 0 Å². The number of nitrogens with zero attached hydrogens (tertiary/aromatic N) is 3. The zero-order valence-corrected chi connectivity index (χ0v) is 17.5. The van der Waals surface area contributed by atoms with Crippen molar-refractivity contribution in [3.05, 3.63) is 47.4 Å². The summed E-state index contributed by atoms with van der Waals surface area (Å²) in [6.07, 6.45) is 2.58. The van der Waals surface area contributed by atoms with Crippen LogP contribution in [0, 0.1) is 13.8 Å². The fourth-order valence-electron chi connectivity index (χ4n) is 4.64. The molecule has 2 saturated heterocycles. The van der Waals surface area contributed by atoms with E-state index in [0.717, 1.165) is 56.5 Å². The van der Waals surface area contributed by atoms with E-state index in [1.807, 2.05) is 6.07 Å². The third-order valence-electron chi connectivity index (χ3n) is 6.33. The molecule has 1 atom stereocenters. The van der Waals surface area contributed by atoms with Gasteiger partial charge in [0.15, 0.2) is 0 Å².